The molecule has 0 aromatic heterocycles. The van der Waals surface area contributed by atoms with E-state index < -0.39 is 15.3 Å². The predicted molar refractivity (Wildman–Crippen MR) is 139 cm³/mol. The van der Waals surface area contributed by atoms with E-state index in [2.05, 4.69) is 36.4 Å². The first-order chi connectivity index (χ1) is 16.7. The molecule has 34 heavy (non-hydrogen) atoms. The normalized spacial score (nSPS) is 11.6. The van der Waals surface area contributed by atoms with Gasteiger partial charge in [0, 0.05) is 0 Å². The average molecular weight is 460 g/mol. The number of nitrogens with zero attached hydrogens (tertiary/aromatic N) is 1. The topological polar surface area (TPSA) is 29.4 Å². The molecule has 0 unspecified atom stereocenters. The Morgan fingerprint density at radius 2 is 0.676 bits per heavy atom. The van der Waals surface area contributed by atoms with Gasteiger partial charge in [-0.3, -0.25) is 0 Å². The van der Waals surface area contributed by atoms with Gasteiger partial charge in [-0.15, -0.1) is 0 Å². The van der Waals surface area contributed by atoms with E-state index in [0.717, 1.165) is 16.7 Å². The Balaban J connectivity index is 1.97. The summed E-state index contributed by atoms with van der Waals surface area (Å²) >= 11 is 0. The van der Waals surface area contributed by atoms with Gasteiger partial charge in [0.05, 0.1) is 9.79 Å². The molecule has 0 aliphatic rings. The van der Waals surface area contributed by atoms with Gasteiger partial charge >= 0.3 is 0 Å². The van der Waals surface area contributed by atoms with Crippen LogP contribution in [0.4, 0.5) is 0 Å². The summed E-state index contributed by atoms with van der Waals surface area (Å²) in [5.74, 6) is 0. The average Bonchev–Trinajstić information content (AvgIpc) is 2.94. The molecule has 0 fully saturated rings. The molecular formula is C31H25NOS. The lowest BCUT2D eigenvalue weighted by Crippen LogP contribution is -2.29. The van der Waals surface area contributed by atoms with E-state index in [-0.39, 0.29) is 0 Å². The van der Waals surface area contributed by atoms with E-state index in [1.807, 2.05) is 115 Å². The van der Waals surface area contributed by atoms with Crippen molar-refractivity contribution < 1.29 is 4.21 Å². The van der Waals surface area contributed by atoms with Gasteiger partial charge in [-0.2, -0.15) is 0 Å². The molecule has 0 saturated heterocycles. The highest BCUT2D eigenvalue weighted by Crippen LogP contribution is 2.43. The molecule has 0 amide bonds. The first-order valence-corrected chi connectivity index (χ1v) is 12.8. The molecule has 0 saturated carbocycles. The van der Waals surface area contributed by atoms with Crippen molar-refractivity contribution in [3.05, 3.63) is 168 Å². The Bertz CT molecular complexity index is 1320. The summed E-state index contributed by atoms with van der Waals surface area (Å²) in [6.07, 6.45) is 0. The maximum atomic E-state index is 15.2. The minimum absolute atomic E-state index is 0.688. The summed E-state index contributed by atoms with van der Waals surface area (Å²) in [7, 11) is -3.02. The van der Waals surface area contributed by atoms with E-state index in [0.29, 0.717) is 9.79 Å². The molecule has 5 aromatic rings. The van der Waals surface area contributed by atoms with Crippen LogP contribution in [0.15, 0.2) is 166 Å². The van der Waals surface area contributed by atoms with E-state index in [1.54, 1.807) is 0 Å². The molecule has 0 N–H and O–H groups in total. The second kappa shape index (κ2) is 9.50. The summed E-state index contributed by atoms with van der Waals surface area (Å²) < 4.78 is 20.6. The predicted octanol–water partition coefficient (Wildman–Crippen LogP) is 7.56. The molecule has 5 rings (SSSR count). The van der Waals surface area contributed by atoms with E-state index in [4.69, 9.17) is 4.36 Å². The van der Waals surface area contributed by atoms with Crippen LogP contribution in [0.5, 0.6) is 0 Å². The minimum Gasteiger partial charge on any atom is -0.240 e. The van der Waals surface area contributed by atoms with Crippen LogP contribution in [-0.2, 0) is 15.3 Å². The highest BCUT2D eigenvalue weighted by atomic mass is 32.2. The van der Waals surface area contributed by atoms with E-state index in [1.165, 1.54) is 0 Å². The van der Waals surface area contributed by atoms with Crippen LogP contribution >= 0.6 is 0 Å². The van der Waals surface area contributed by atoms with Crippen molar-refractivity contribution in [1.82, 2.24) is 0 Å². The Labute approximate surface area is 201 Å². The fraction of sp³-hybridized carbons (Fsp3) is 0.0323. The van der Waals surface area contributed by atoms with Crippen molar-refractivity contribution in [2.24, 2.45) is 4.36 Å². The summed E-state index contributed by atoms with van der Waals surface area (Å²) in [4.78, 5) is 1.38. The van der Waals surface area contributed by atoms with Gasteiger partial charge in [-0.25, -0.2) is 8.57 Å². The van der Waals surface area contributed by atoms with Gasteiger partial charge in [0.2, 0.25) is 0 Å². The largest absolute Gasteiger partial charge is 0.240 e. The van der Waals surface area contributed by atoms with Crippen molar-refractivity contribution in [3.63, 3.8) is 0 Å². The molecule has 0 atom stereocenters. The molecule has 5 aromatic carbocycles. The summed E-state index contributed by atoms with van der Waals surface area (Å²) in [5, 5.41) is 0. The Hall–Kier alpha value is -3.95. The van der Waals surface area contributed by atoms with Crippen LogP contribution in [0.3, 0.4) is 0 Å². The molecule has 0 heterocycles. The molecule has 0 spiro atoms. The fourth-order valence-corrected chi connectivity index (χ4v) is 6.58. The van der Waals surface area contributed by atoms with Crippen LogP contribution in [0.2, 0.25) is 0 Å². The molecule has 166 valence electrons. The number of rotatable bonds is 6. The number of benzene rings is 5. The molecule has 2 nitrogen and oxygen atoms in total. The lowest BCUT2D eigenvalue weighted by atomic mass is 9.78. The zero-order chi connectivity index (χ0) is 23.3. The SMILES string of the molecule is O=S(=NC(c1ccccc1)(c1ccccc1)c1ccccc1)(c1ccccc1)c1ccccc1. The van der Waals surface area contributed by atoms with Crippen LogP contribution in [0.25, 0.3) is 0 Å². The van der Waals surface area contributed by atoms with E-state index in [9.17, 15) is 0 Å². The van der Waals surface area contributed by atoms with Gasteiger partial charge in [0.15, 0.2) is 0 Å². The van der Waals surface area contributed by atoms with Crippen molar-refractivity contribution in [2.45, 2.75) is 15.3 Å². The summed E-state index contributed by atoms with van der Waals surface area (Å²) in [6, 6.07) is 49.7. The third-order valence-electron chi connectivity index (χ3n) is 5.97. The molecule has 0 aliphatic carbocycles. The molecule has 0 aliphatic heterocycles. The first-order valence-electron chi connectivity index (χ1n) is 11.3. The highest BCUT2D eigenvalue weighted by Gasteiger charge is 2.38. The van der Waals surface area contributed by atoms with Crippen molar-refractivity contribution in [2.75, 3.05) is 0 Å². The second-order valence-electron chi connectivity index (χ2n) is 8.05. The summed E-state index contributed by atoms with van der Waals surface area (Å²) in [6.45, 7) is 0. The molecule has 3 heteroatoms. The van der Waals surface area contributed by atoms with Gasteiger partial charge in [-0.1, -0.05) is 127 Å². The maximum absolute atomic E-state index is 15.2. The highest BCUT2D eigenvalue weighted by molar-refractivity contribution is 7.93. The maximum Gasteiger partial charge on any atom is 0.146 e. The lowest BCUT2D eigenvalue weighted by Gasteiger charge is -2.33. The Morgan fingerprint density at radius 3 is 0.971 bits per heavy atom. The lowest BCUT2D eigenvalue weighted by molar-refractivity contribution is 0.634. The summed E-state index contributed by atoms with van der Waals surface area (Å²) in [5.41, 5.74) is 1.91. The van der Waals surface area contributed by atoms with Gasteiger partial charge in [0.25, 0.3) is 0 Å². The van der Waals surface area contributed by atoms with Crippen molar-refractivity contribution >= 4 is 9.73 Å². The van der Waals surface area contributed by atoms with Crippen LogP contribution < -0.4 is 0 Å². The number of hydrogen-bond donors (Lipinski definition) is 0. The van der Waals surface area contributed by atoms with E-state index >= 15 is 4.21 Å². The molecular weight excluding hydrogens is 434 g/mol. The molecule has 0 bridgehead atoms. The van der Waals surface area contributed by atoms with Gasteiger partial charge < -0.3 is 0 Å². The zero-order valence-corrected chi connectivity index (χ0v) is 19.5. The second-order valence-corrected chi connectivity index (χ2v) is 10.2. The van der Waals surface area contributed by atoms with Crippen LogP contribution in [0.1, 0.15) is 16.7 Å². The van der Waals surface area contributed by atoms with Crippen LogP contribution in [-0.4, -0.2) is 4.21 Å². The van der Waals surface area contributed by atoms with Gasteiger partial charge in [0.1, 0.15) is 15.3 Å². The zero-order valence-electron chi connectivity index (χ0n) is 18.7. The van der Waals surface area contributed by atoms with Crippen molar-refractivity contribution in [3.8, 4) is 0 Å². The fourth-order valence-electron chi connectivity index (χ4n) is 4.34. The minimum atomic E-state index is -3.02. The monoisotopic (exact) mass is 459 g/mol. The molecule has 0 radical (unpaired) electrons. The Kier molecular flexibility index (Phi) is 6.11. The third kappa shape index (κ3) is 3.95. The van der Waals surface area contributed by atoms with Crippen LogP contribution in [0, 0.1) is 0 Å². The standard InChI is InChI=1S/C31H25NOS/c33-34(29-22-12-4-13-23-29,30-24-14-5-15-25-30)32-31(26-16-6-1-7-17-26,27-18-8-2-9-19-27)28-20-10-3-11-21-28/h1-25H. The number of hydrogen-bond acceptors (Lipinski definition) is 2. The quantitative estimate of drug-likeness (QED) is 0.241. The Morgan fingerprint density at radius 1 is 0.412 bits per heavy atom. The van der Waals surface area contributed by atoms with Crippen molar-refractivity contribution in [1.29, 1.82) is 0 Å². The smallest absolute Gasteiger partial charge is 0.146 e. The van der Waals surface area contributed by atoms with Gasteiger partial charge in [-0.05, 0) is 41.0 Å². The first kappa shape index (κ1) is 21.9. The third-order valence-corrected chi connectivity index (χ3v) is 8.32.